The Morgan fingerprint density at radius 3 is 2.37 bits per heavy atom. The van der Waals surface area contributed by atoms with Crippen molar-refractivity contribution in [2.45, 2.75) is 36.1 Å². The molecule has 3 N–H and O–H groups in total. The predicted molar refractivity (Wildman–Crippen MR) is 115 cm³/mol. The maximum absolute atomic E-state index is 12.1. The second-order valence-corrected chi connectivity index (χ2v) is 9.78. The van der Waals surface area contributed by atoms with Crippen LogP contribution in [0.4, 0.5) is 5.69 Å². The van der Waals surface area contributed by atoms with Gasteiger partial charge in [0.15, 0.2) is 0 Å². The lowest BCUT2D eigenvalue weighted by Crippen LogP contribution is -2.37. The van der Waals surface area contributed by atoms with Gasteiger partial charge in [-0.25, -0.2) is 8.42 Å². The molecule has 1 atom stereocenters. The van der Waals surface area contributed by atoms with Crippen LogP contribution in [0.5, 0.6) is 0 Å². The molecule has 0 bridgehead atoms. The molecule has 0 saturated heterocycles. The van der Waals surface area contributed by atoms with Gasteiger partial charge in [0, 0.05) is 21.7 Å². The molecule has 2 aromatic carbocycles. The first-order valence-electron chi connectivity index (χ1n) is 8.23. The lowest BCUT2D eigenvalue weighted by Gasteiger charge is -2.12. The molecule has 1 unspecified atom stereocenters. The third kappa shape index (κ3) is 7.92. The Morgan fingerprint density at radius 1 is 1.15 bits per heavy atom. The zero-order valence-electron chi connectivity index (χ0n) is 15.6. The predicted octanol–water partition coefficient (Wildman–Crippen LogP) is 3.58. The number of sulfone groups is 1. The highest BCUT2D eigenvalue weighted by molar-refractivity contribution is 7.99. The minimum absolute atomic E-state index is 0. The smallest absolute Gasteiger partial charge is 0.241 e. The van der Waals surface area contributed by atoms with Crippen molar-refractivity contribution < 1.29 is 13.2 Å². The highest BCUT2D eigenvalue weighted by Crippen LogP contribution is 2.31. The average molecular weight is 429 g/mol. The summed E-state index contributed by atoms with van der Waals surface area (Å²) in [4.78, 5) is 14.3. The van der Waals surface area contributed by atoms with Crippen molar-refractivity contribution in [2.75, 3.05) is 17.3 Å². The second kappa shape index (κ2) is 10.1. The Labute approximate surface area is 171 Å². The van der Waals surface area contributed by atoms with Crippen LogP contribution < -0.4 is 11.1 Å². The van der Waals surface area contributed by atoms with Crippen molar-refractivity contribution in [3.63, 3.8) is 0 Å². The summed E-state index contributed by atoms with van der Waals surface area (Å²) in [5.41, 5.74) is 8.82. The van der Waals surface area contributed by atoms with Crippen LogP contribution in [0.25, 0.3) is 0 Å². The number of hydrogen-bond donors (Lipinski definition) is 2. The van der Waals surface area contributed by atoms with Crippen molar-refractivity contribution in [2.24, 2.45) is 5.73 Å². The number of aryl methyl sites for hydroxylation is 2. The molecule has 1 amide bonds. The summed E-state index contributed by atoms with van der Waals surface area (Å²) in [5, 5.41) is 2.72. The van der Waals surface area contributed by atoms with Crippen LogP contribution in [0, 0.1) is 13.8 Å². The van der Waals surface area contributed by atoms with E-state index in [1.807, 2.05) is 24.3 Å². The molecule has 2 rings (SSSR count). The SMILES string of the molecule is Cc1ccc(C)c(Sc2ccc(NC(=O)C(N)CCS(C)(=O)=O)cc2)c1.Cl. The number of hydrogen-bond acceptors (Lipinski definition) is 5. The molecule has 148 valence electrons. The zero-order valence-corrected chi connectivity index (χ0v) is 18.0. The summed E-state index contributed by atoms with van der Waals surface area (Å²) in [5.74, 6) is -0.490. The third-order valence-corrected chi connectivity index (χ3v) is 5.97. The fourth-order valence-electron chi connectivity index (χ4n) is 2.26. The summed E-state index contributed by atoms with van der Waals surface area (Å²) < 4.78 is 22.3. The van der Waals surface area contributed by atoms with E-state index in [2.05, 4.69) is 37.4 Å². The fourth-order valence-corrected chi connectivity index (χ4v) is 3.94. The van der Waals surface area contributed by atoms with Crippen LogP contribution >= 0.6 is 24.2 Å². The minimum Gasteiger partial charge on any atom is -0.325 e. The first-order valence-corrected chi connectivity index (χ1v) is 11.1. The van der Waals surface area contributed by atoms with Crippen LogP contribution in [0.1, 0.15) is 17.5 Å². The molecule has 5 nitrogen and oxygen atoms in total. The number of nitrogens with two attached hydrogens (primary N) is 1. The van der Waals surface area contributed by atoms with Gasteiger partial charge in [0.25, 0.3) is 0 Å². The Kier molecular flexibility index (Phi) is 8.81. The van der Waals surface area contributed by atoms with Crippen LogP contribution in [-0.4, -0.2) is 32.4 Å². The number of carbonyl (C=O) groups excluding carboxylic acids is 1. The average Bonchev–Trinajstić information content (AvgIpc) is 2.57. The number of nitrogens with one attached hydrogen (secondary N) is 1. The van der Waals surface area contributed by atoms with Gasteiger partial charge in [-0.05, 0) is 61.7 Å². The number of rotatable bonds is 7. The Hall–Kier alpha value is -1.54. The number of benzene rings is 2. The normalized spacial score (nSPS) is 12.1. The summed E-state index contributed by atoms with van der Waals surface area (Å²) in [6.07, 6.45) is 1.23. The van der Waals surface area contributed by atoms with Crippen LogP contribution in [0.15, 0.2) is 52.3 Å². The fraction of sp³-hybridized carbons (Fsp3) is 0.316. The van der Waals surface area contributed by atoms with E-state index in [0.717, 1.165) is 11.2 Å². The van der Waals surface area contributed by atoms with Crippen molar-refractivity contribution >= 4 is 45.6 Å². The first kappa shape index (κ1) is 23.5. The Morgan fingerprint density at radius 2 is 1.78 bits per heavy atom. The largest absolute Gasteiger partial charge is 0.325 e. The lowest BCUT2D eigenvalue weighted by molar-refractivity contribution is -0.117. The maximum Gasteiger partial charge on any atom is 0.241 e. The molecule has 0 fully saturated rings. The number of carbonyl (C=O) groups is 1. The summed E-state index contributed by atoms with van der Waals surface area (Å²) >= 11 is 1.67. The second-order valence-electron chi connectivity index (χ2n) is 6.41. The molecule has 0 aliphatic heterocycles. The van der Waals surface area contributed by atoms with E-state index < -0.39 is 15.9 Å². The van der Waals surface area contributed by atoms with Crippen molar-refractivity contribution in [3.8, 4) is 0 Å². The number of amides is 1. The van der Waals surface area contributed by atoms with E-state index in [0.29, 0.717) is 5.69 Å². The van der Waals surface area contributed by atoms with Crippen LogP contribution in [0.2, 0.25) is 0 Å². The molecule has 8 heteroatoms. The van der Waals surface area contributed by atoms with Gasteiger partial charge in [-0.1, -0.05) is 23.9 Å². The van der Waals surface area contributed by atoms with Crippen molar-refractivity contribution in [3.05, 3.63) is 53.6 Å². The molecule has 2 aromatic rings. The van der Waals surface area contributed by atoms with Crippen molar-refractivity contribution in [1.29, 1.82) is 0 Å². The van der Waals surface area contributed by atoms with Crippen molar-refractivity contribution in [1.82, 2.24) is 0 Å². The molecule has 0 spiro atoms. The van der Waals surface area contributed by atoms with Crippen LogP contribution in [-0.2, 0) is 14.6 Å². The minimum atomic E-state index is -3.13. The van der Waals surface area contributed by atoms with E-state index in [9.17, 15) is 13.2 Å². The molecular formula is C19H25ClN2O3S2. The van der Waals surface area contributed by atoms with Gasteiger partial charge in [0.2, 0.25) is 5.91 Å². The van der Waals surface area contributed by atoms with Crippen LogP contribution in [0.3, 0.4) is 0 Å². The molecular weight excluding hydrogens is 404 g/mol. The summed E-state index contributed by atoms with van der Waals surface area (Å²) in [6.45, 7) is 4.14. The number of anilines is 1. The highest BCUT2D eigenvalue weighted by atomic mass is 35.5. The van der Waals surface area contributed by atoms with Gasteiger partial charge in [-0.15, -0.1) is 12.4 Å². The quantitative estimate of drug-likeness (QED) is 0.703. The molecule has 0 aliphatic carbocycles. The van der Waals surface area contributed by atoms with Gasteiger partial charge in [0.1, 0.15) is 9.84 Å². The summed E-state index contributed by atoms with van der Waals surface area (Å²) in [6, 6.07) is 13.0. The van der Waals surface area contributed by atoms with E-state index in [4.69, 9.17) is 5.73 Å². The van der Waals surface area contributed by atoms with E-state index >= 15 is 0 Å². The van der Waals surface area contributed by atoms with E-state index in [1.165, 1.54) is 16.0 Å². The maximum atomic E-state index is 12.1. The highest BCUT2D eigenvalue weighted by Gasteiger charge is 2.16. The van der Waals surface area contributed by atoms with Gasteiger partial charge in [-0.3, -0.25) is 4.79 Å². The Balaban J connectivity index is 0.00000364. The molecule has 0 heterocycles. The Bertz CT molecular complexity index is 884. The molecule has 0 aliphatic rings. The topological polar surface area (TPSA) is 89.3 Å². The standard InChI is InChI=1S/C19H24N2O3S2.ClH/c1-13-4-5-14(2)18(12-13)25-16-8-6-15(7-9-16)21-19(22)17(20)10-11-26(3,23)24;/h4-9,12,17H,10-11,20H2,1-3H3,(H,21,22);1H. The monoisotopic (exact) mass is 428 g/mol. The van der Waals surface area contributed by atoms with Gasteiger partial charge < -0.3 is 11.1 Å². The molecule has 0 radical (unpaired) electrons. The van der Waals surface area contributed by atoms with Gasteiger partial charge in [-0.2, -0.15) is 0 Å². The molecule has 0 saturated carbocycles. The van der Waals surface area contributed by atoms with Gasteiger partial charge in [0.05, 0.1) is 11.8 Å². The summed E-state index contributed by atoms with van der Waals surface area (Å²) in [7, 11) is -3.13. The lowest BCUT2D eigenvalue weighted by atomic mass is 10.2. The third-order valence-electron chi connectivity index (χ3n) is 3.83. The van der Waals surface area contributed by atoms with E-state index in [1.54, 1.807) is 11.8 Å². The molecule has 27 heavy (non-hydrogen) atoms. The molecule has 0 aromatic heterocycles. The zero-order chi connectivity index (χ0) is 19.3. The van der Waals surface area contributed by atoms with E-state index in [-0.39, 0.29) is 30.5 Å². The number of halogens is 1. The van der Waals surface area contributed by atoms with Gasteiger partial charge >= 0.3 is 0 Å². The first-order chi connectivity index (χ1) is 12.1.